The van der Waals surface area contributed by atoms with Gasteiger partial charge in [-0.3, -0.25) is 4.79 Å². The van der Waals surface area contributed by atoms with Crippen LogP contribution in [-0.4, -0.2) is 15.9 Å². The minimum absolute atomic E-state index is 0. The standard InChI is InChI=1S/C34H34NO.C11H20O2.Ir/c1-21(2)24-11-14-29-30-18-27(23-9-5-6-10-23)19-31(34(30)36-32(29)20-24)33-28-13-12-25(22-7-3-4-8-22)17-26(28)15-16-35-33;1-8(2)5-10(12)7-11(13)6-9(3)4;/h11-18,20-23H,3-10H2,1-2H3;7-9,12H,5-6H2,1-4H3;/q-1;;/b;10-7-;. The van der Waals surface area contributed by atoms with E-state index in [1.165, 1.54) is 95.7 Å². The minimum Gasteiger partial charge on any atom is -0.512 e. The molecule has 5 heteroatoms. The van der Waals surface area contributed by atoms with Crippen LogP contribution < -0.4 is 0 Å². The van der Waals surface area contributed by atoms with Gasteiger partial charge in [-0.25, -0.2) is 0 Å². The molecule has 0 amide bonds. The monoisotopic (exact) mass is 849 g/mol. The molecule has 0 bridgehead atoms. The van der Waals surface area contributed by atoms with E-state index in [1.807, 2.05) is 33.9 Å². The fraction of sp³-hybridized carbons (Fsp3) is 0.467. The van der Waals surface area contributed by atoms with Crippen molar-refractivity contribution in [3.05, 3.63) is 89.3 Å². The number of benzene rings is 3. The zero-order valence-corrected chi connectivity index (χ0v) is 33.2. The van der Waals surface area contributed by atoms with E-state index in [-0.39, 0.29) is 31.6 Å². The van der Waals surface area contributed by atoms with Crippen molar-refractivity contribution in [3.63, 3.8) is 0 Å². The number of furan rings is 1. The van der Waals surface area contributed by atoms with Gasteiger partial charge in [0, 0.05) is 50.6 Å². The van der Waals surface area contributed by atoms with Crippen LogP contribution >= 0.6 is 0 Å². The molecule has 5 aromatic rings. The average Bonchev–Trinajstić information content (AvgIpc) is 3.85. The Bertz CT molecular complexity index is 1950. The predicted molar refractivity (Wildman–Crippen MR) is 204 cm³/mol. The number of carbonyl (C=O) groups is 1. The smallest absolute Gasteiger partial charge is 0.159 e. The molecule has 267 valence electrons. The first-order chi connectivity index (χ1) is 23.6. The summed E-state index contributed by atoms with van der Waals surface area (Å²) in [6, 6.07) is 22.2. The van der Waals surface area contributed by atoms with Gasteiger partial charge in [0.05, 0.1) is 11.3 Å². The van der Waals surface area contributed by atoms with E-state index in [0.717, 1.165) is 22.4 Å². The number of rotatable bonds is 9. The number of hydrogen-bond donors (Lipinski definition) is 1. The van der Waals surface area contributed by atoms with Gasteiger partial charge in [0.2, 0.25) is 0 Å². The quantitative estimate of drug-likeness (QED) is 0.0912. The SMILES string of the molecule is CC(C)CC(=O)/C=C(\O)CC(C)C.CC(C)c1ccc2c(c1)oc1c(-c3nccc4cc(C5CCCC5)ccc34)[c-]c(C3CCCC3)cc12.[Ir]. The molecule has 1 radical (unpaired) electrons. The van der Waals surface area contributed by atoms with Gasteiger partial charge in [-0.05, 0) is 95.0 Å². The number of fused-ring (bicyclic) bond motifs is 4. The molecule has 2 aromatic heterocycles. The molecular weight excluding hydrogens is 795 g/mol. The fourth-order valence-electron chi connectivity index (χ4n) is 7.87. The van der Waals surface area contributed by atoms with Crippen molar-refractivity contribution in [2.45, 2.75) is 124 Å². The van der Waals surface area contributed by atoms with E-state index in [0.29, 0.717) is 42.4 Å². The second kappa shape index (κ2) is 16.8. The van der Waals surface area contributed by atoms with Crippen molar-refractivity contribution < 1.29 is 34.4 Å². The molecule has 2 saturated carbocycles. The number of hydrogen-bond acceptors (Lipinski definition) is 4. The summed E-state index contributed by atoms with van der Waals surface area (Å²) in [7, 11) is 0. The molecular formula is C45H54IrNO3-. The van der Waals surface area contributed by atoms with Crippen molar-refractivity contribution in [2.24, 2.45) is 11.8 Å². The Morgan fingerprint density at radius 1 is 0.840 bits per heavy atom. The Kier molecular flexibility index (Phi) is 12.8. The van der Waals surface area contributed by atoms with Gasteiger partial charge in [-0.15, -0.1) is 17.7 Å². The molecule has 2 fully saturated rings. The summed E-state index contributed by atoms with van der Waals surface area (Å²) in [6.07, 6.45) is 14.9. The molecule has 0 atom stereocenters. The van der Waals surface area contributed by atoms with Gasteiger partial charge in [-0.2, -0.15) is 0 Å². The van der Waals surface area contributed by atoms with Crippen molar-refractivity contribution in [2.75, 3.05) is 0 Å². The maximum atomic E-state index is 11.2. The largest absolute Gasteiger partial charge is 0.512 e. The summed E-state index contributed by atoms with van der Waals surface area (Å²) >= 11 is 0. The first kappa shape index (κ1) is 38.0. The summed E-state index contributed by atoms with van der Waals surface area (Å²) in [5.41, 5.74) is 8.04. The topological polar surface area (TPSA) is 63.3 Å². The molecule has 4 nitrogen and oxygen atoms in total. The molecule has 0 unspecified atom stereocenters. The maximum absolute atomic E-state index is 11.2. The van der Waals surface area contributed by atoms with Crippen LogP contribution in [0.1, 0.15) is 140 Å². The van der Waals surface area contributed by atoms with E-state index >= 15 is 0 Å². The predicted octanol–water partition coefficient (Wildman–Crippen LogP) is 13.1. The van der Waals surface area contributed by atoms with Crippen LogP contribution in [0.3, 0.4) is 0 Å². The molecule has 2 aliphatic carbocycles. The number of aliphatic hydroxyl groups excluding tert-OH is 1. The summed E-state index contributed by atoms with van der Waals surface area (Å²) in [5, 5.41) is 14.2. The molecule has 3 aromatic carbocycles. The summed E-state index contributed by atoms with van der Waals surface area (Å²) < 4.78 is 6.63. The normalized spacial score (nSPS) is 15.8. The molecule has 2 aliphatic rings. The van der Waals surface area contributed by atoms with Gasteiger partial charge < -0.3 is 14.5 Å². The number of aliphatic hydroxyl groups is 1. The second-order valence-electron chi connectivity index (χ2n) is 15.8. The van der Waals surface area contributed by atoms with Crippen LogP contribution in [0.5, 0.6) is 0 Å². The second-order valence-corrected chi connectivity index (χ2v) is 15.8. The Hall–Kier alpha value is -3.27. The van der Waals surface area contributed by atoms with E-state index in [4.69, 9.17) is 9.40 Å². The molecule has 0 spiro atoms. The van der Waals surface area contributed by atoms with E-state index in [1.54, 1.807) is 0 Å². The third-order valence-corrected chi connectivity index (χ3v) is 10.4. The van der Waals surface area contributed by atoms with Gasteiger partial charge in [0.25, 0.3) is 0 Å². The minimum atomic E-state index is 0. The summed E-state index contributed by atoms with van der Waals surface area (Å²) in [5.74, 6) is 2.74. The average molecular weight is 849 g/mol. The maximum Gasteiger partial charge on any atom is 0.159 e. The van der Waals surface area contributed by atoms with Crippen LogP contribution in [0.15, 0.2) is 71.0 Å². The Labute approximate surface area is 312 Å². The Balaban J connectivity index is 0.000000299. The van der Waals surface area contributed by atoms with Crippen LogP contribution in [-0.2, 0) is 24.9 Å². The van der Waals surface area contributed by atoms with Gasteiger partial charge >= 0.3 is 0 Å². The third kappa shape index (κ3) is 8.77. The summed E-state index contributed by atoms with van der Waals surface area (Å²) in [4.78, 5) is 16.2. The first-order valence-electron chi connectivity index (χ1n) is 18.8. The van der Waals surface area contributed by atoms with Crippen molar-refractivity contribution in [3.8, 4) is 11.3 Å². The van der Waals surface area contributed by atoms with Crippen LogP contribution in [0, 0.1) is 17.9 Å². The van der Waals surface area contributed by atoms with Crippen molar-refractivity contribution in [1.29, 1.82) is 0 Å². The zero-order chi connectivity index (χ0) is 34.7. The number of aromatic nitrogens is 1. The summed E-state index contributed by atoms with van der Waals surface area (Å²) in [6.45, 7) is 12.5. The van der Waals surface area contributed by atoms with Crippen LogP contribution in [0.25, 0.3) is 44.0 Å². The Morgan fingerprint density at radius 2 is 1.50 bits per heavy atom. The molecule has 2 heterocycles. The van der Waals surface area contributed by atoms with Gasteiger partial charge in [0.15, 0.2) is 5.78 Å². The molecule has 0 saturated heterocycles. The number of ketones is 1. The molecule has 7 rings (SSSR count). The third-order valence-electron chi connectivity index (χ3n) is 10.4. The zero-order valence-electron chi connectivity index (χ0n) is 30.8. The molecule has 0 aliphatic heterocycles. The number of nitrogens with zero attached hydrogens (tertiary/aromatic N) is 1. The fourth-order valence-corrected chi connectivity index (χ4v) is 7.87. The van der Waals surface area contributed by atoms with E-state index in [9.17, 15) is 9.90 Å². The number of allylic oxidation sites excluding steroid dienone is 2. The first-order valence-corrected chi connectivity index (χ1v) is 18.8. The Morgan fingerprint density at radius 3 is 2.16 bits per heavy atom. The van der Waals surface area contributed by atoms with E-state index < -0.39 is 0 Å². The number of pyridine rings is 1. The molecule has 50 heavy (non-hydrogen) atoms. The van der Waals surface area contributed by atoms with Crippen LogP contribution in [0.4, 0.5) is 0 Å². The van der Waals surface area contributed by atoms with Crippen molar-refractivity contribution >= 4 is 38.5 Å². The van der Waals surface area contributed by atoms with Crippen molar-refractivity contribution in [1.82, 2.24) is 4.98 Å². The number of carbonyl (C=O) groups excluding carboxylic acids is 1. The van der Waals surface area contributed by atoms with Crippen LogP contribution in [0.2, 0.25) is 0 Å². The van der Waals surface area contributed by atoms with Gasteiger partial charge in [-0.1, -0.05) is 109 Å². The molecule has 1 N–H and O–H groups in total. The van der Waals surface area contributed by atoms with E-state index in [2.05, 4.69) is 68.4 Å². The van der Waals surface area contributed by atoms with Gasteiger partial charge in [0.1, 0.15) is 5.58 Å².